The minimum atomic E-state index is 0.0138. The average molecular weight is 310 g/mol. The fraction of sp³-hybridized carbons (Fsp3) is 0.333. The first-order chi connectivity index (χ1) is 11.2. The van der Waals surface area contributed by atoms with Crippen LogP contribution in [0.2, 0.25) is 0 Å². The summed E-state index contributed by atoms with van der Waals surface area (Å²) in [5.41, 5.74) is 2.31. The Morgan fingerprint density at radius 3 is 2.65 bits per heavy atom. The number of nitrogens with zero attached hydrogens (tertiary/aromatic N) is 3. The number of carbonyl (C=O) groups is 1. The molecule has 2 amide bonds. The zero-order valence-electron chi connectivity index (χ0n) is 13.4. The number of amides is 2. The molecule has 0 saturated carbocycles. The van der Waals surface area contributed by atoms with E-state index in [0.717, 1.165) is 25.2 Å². The molecule has 1 N–H and O–H groups in total. The number of carbonyl (C=O) groups excluding carboxylic acids is 1. The fourth-order valence-electron chi connectivity index (χ4n) is 2.69. The third kappa shape index (κ3) is 4.07. The molecule has 0 atom stereocenters. The fourth-order valence-corrected chi connectivity index (χ4v) is 2.69. The van der Waals surface area contributed by atoms with E-state index in [1.807, 2.05) is 47.5 Å². The van der Waals surface area contributed by atoms with Crippen LogP contribution >= 0.6 is 0 Å². The number of pyridine rings is 1. The Kier molecular flexibility index (Phi) is 4.88. The topological polar surface area (TPSA) is 48.5 Å². The van der Waals surface area contributed by atoms with Gasteiger partial charge in [-0.05, 0) is 24.2 Å². The van der Waals surface area contributed by atoms with Crippen LogP contribution in [0, 0.1) is 0 Å². The van der Waals surface area contributed by atoms with E-state index < -0.39 is 0 Å². The molecule has 0 unspecified atom stereocenters. The normalized spacial score (nSPS) is 14.6. The molecule has 0 radical (unpaired) electrons. The maximum atomic E-state index is 12.1. The summed E-state index contributed by atoms with van der Waals surface area (Å²) in [5.74, 6) is 0. The van der Waals surface area contributed by atoms with Gasteiger partial charge in [-0.1, -0.05) is 36.4 Å². The molecule has 1 aliphatic rings. The van der Waals surface area contributed by atoms with Gasteiger partial charge >= 0.3 is 6.03 Å². The van der Waals surface area contributed by atoms with Gasteiger partial charge in [-0.3, -0.25) is 9.88 Å². The van der Waals surface area contributed by atoms with Gasteiger partial charge in [-0.2, -0.15) is 0 Å². The van der Waals surface area contributed by atoms with E-state index in [4.69, 9.17) is 0 Å². The predicted molar refractivity (Wildman–Crippen MR) is 89.7 cm³/mol. The van der Waals surface area contributed by atoms with Gasteiger partial charge in [-0.15, -0.1) is 0 Å². The third-order valence-electron chi connectivity index (χ3n) is 4.21. The minimum absolute atomic E-state index is 0.0138. The highest BCUT2D eigenvalue weighted by molar-refractivity contribution is 5.75. The van der Waals surface area contributed by atoms with Crippen molar-refractivity contribution in [2.24, 2.45) is 0 Å². The van der Waals surface area contributed by atoms with Crippen molar-refractivity contribution in [2.45, 2.75) is 19.1 Å². The molecule has 1 aliphatic heterocycles. The van der Waals surface area contributed by atoms with E-state index in [1.54, 1.807) is 6.20 Å². The highest BCUT2D eigenvalue weighted by atomic mass is 16.2. The summed E-state index contributed by atoms with van der Waals surface area (Å²) in [5, 5.41) is 2.97. The number of nitrogens with one attached hydrogen (secondary N) is 1. The van der Waals surface area contributed by atoms with E-state index in [2.05, 4.69) is 28.3 Å². The number of likely N-dealkylation sites (tertiary alicyclic amines) is 1. The Balaban J connectivity index is 1.40. The van der Waals surface area contributed by atoms with Crippen molar-refractivity contribution >= 4 is 6.03 Å². The van der Waals surface area contributed by atoms with Crippen molar-refractivity contribution in [1.29, 1.82) is 0 Å². The lowest BCUT2D eigenvalue weighted by Gasteiger charge is -2.43. The van der Waals surface area contributed by atoms with Crippen LogP contribution in [0.5, 0.6) is 0 Å². The Labute approximate surface area is 136 Å². The third-order valence-corrected chi connectivity index (χ3v) is 4.21. The number of urea groups is 1. The van der Waals surface area contributed by atoms with E-state index in [0.29, 0.717) is 12.6 Å². The van der Waals surface area contributed by atoms with E-state index in [1.165, 1.54) is 5.56 Å². The summed E-state index contributed by atoms with van der Waals surface area (Å²) in [6, 6.07) is 14.4. The first-order valence-corrected chi connectivity index (χ1v) is 7.88. The van der Waals surface area contributed by atoms with Gasteiger partial charge < -0.3 is 10.2 Å². The molecule has 1 saturated heterocycles. The van der Waals surface area contributed by atoms with Gasteiger partial charge in [0, 0.05) is 44.6 Å². The van der Waals surface area contributed by atoms with Crippen LogP contribution in [-0.4, -0.2) is 47.0 Å². The molecular formula is C18H22N4O. The Bertz CT molecular complexity index is 626. The second kappa shape index (κ2) is 7.24. The molecule has 2 aromatic rings. The van der Waals surface area contributed by atoms with Crippen molar-refractivity contribution in [3.05, 3.63) is 66.0 Å². The van der Waals surface area contributed by atoms with Crippen LogP contribution in [0.3, 0.4) is 0 Å². The van der Waals surface area contributed by atoms with Gasteiger partial charge in [0.05, 0.1) is 0 Å². The van der Waals surface area contributed by atoms with Crippen LogP contribution < -0.4 is 5.32 Å². The van der Waals surface area contributed by atoms with Crippen molar-refractivity contribution in [1.82, 2.24) is 20.1 Å². The number of hydrogen-bond acceptors (Lipinski definition) is 3. The zero-order chi connectivity index (χ0) is 16.1. The number of rotatable bonds is 5. The first-order valence-electron chi connectivity index (χ1n) is 7.88. The van der Waals surface area contributed by atoms with E-state index >= 15 is 0 Å². The standard InChI is InChI=1S/C18H22N4O/c1-21(12-16-8-5-9-19-10-16)17-13-22(14-17)18(23)20-11-15-6-3-2-4-7-15/h2-10,17H,11-14H2,1H3,(H,20,23). The maximum Gasteiger partial charge on any atom is 0.317 e. The SMILES string of the molecule is CN(Cc1cccnc1)C1CN(C(=O)NCc2ccccc2)C1. The van der Waals surface area contributed by atoms with Gasteiger partial charge in [0.2, 0.25) is 0 Å². The lowest BCUT2D eigenvalue weighted by molar-refractivity contribution is 0.0685. The number of aromatic nitrogens is 1. The molecule has 1 fully saturated rings. The van der Waals surface area contributed by atoms with Crippen molar-refractivity contribution < 1.29 is 4.79 Å². The summed E-state index contributed by atoms with van der Waals surface area (Å²) in [6.07, 6.45) is 3.67. The van der Waals surface area contributed by atoms with Crippen LogP contribution in [0.15, 0.2) is 54.9 Å². The summed E-state index contributed by atoms with van der Waals surface area (Å²) in [6.45, 7) is 2.99. The molecule has 0 spiro atoms. The maximum absolute atomic E-state index is 12.1. The average Bonchev–Trinajstić information content (AvgIpc) is 2.53. The van der Waals surface area contributed by atoms with Crippen LogP contribution in [0.25, 0.3) is 0 Å². The number of likely N-dealkylation sites (N-methyl/N-ethyl adjacent to an activating group) is 1. The van der Waals surface area contributed by atoms with Gasteiger partial charge in [0.1, 0.15) is 0 Å². The molecule has 2 heterocycles. The predicted octanol–water partition coefficient (Wildman–Crippen LogP) is 2.11. The summed E-state index contributed by atoms with van der Waals surface area (Å²) >= 11 is 0. The Morgan fingerprint density at radius 2 is 1.96 bits per heavy atom. The van der Waals surface area contributed by atoms with E-state index in [-0.39, 0.29) is 6.03 Å². The quantitative estimate of drug-likeness (QED) is 0.920. The smallest absolute Gasteiger partial charge is 0.317 e. The van der Waals surface area contributed by atoms with Crippen molar-refractivity contribution in [2.75, 3.05) is 20.1 Å². The second-order valence-electron chi connectivity index (χ2n) is 5.98. The Morgan fingerprint density at radius 1 is 1.22 bits per heavy atom. The Hall–Kier alpha value is -2.40. The minimum Gasteiger partial charge on any atom is -0.334 e. The highest BCUT2D eigenvalue weighted by Gasteiger charge is 2.33. The van der Waals surface area contributed by atoms with Gasteiger partial charge in [0.25, 0.3) is 0 Å². The molecule has 5 heteroatoms. The lowest BCUT2D eigenvalue weighted by atomic mass is 10.1. The lowest BCUT2D eigenvalue weighted by Crippen LogP contribution is -2.61. The zero-order valence-corrected chi connectivity index (χ0v) is 13.4. The molecule has 1 aromatic carbocycles. The number of benzene rings is 1. The molecule has 5 nitrogen and oxygen atoms in total. The largest absolute Gasteiger partial charge is 0.334 e. The molecule has 3 rings (SSSR count). The summed E-state index contributed by atoms with van der Waals surface area (Å²) < 4.78 is 0. The van der Waals surface area contributed by atoms with Gasteiger partial charge in [-0.25, -0.2) is 4.79 Å². The number of hydrogen-bond donors (Lipinski definition) is 1. The molecule has 23 heavy (non-hydrogen) atoms. The van der Waals surface area contributed by atoms with Crippen LogP contribution in [-0.2, 0) is 13.1 Å². The van der Waals surface area contributed by atoms with Gasteiger partial charge in [0.15, 0.2) is 0 Å². The van der Waals surface area contributed by atoms with Crippen molar-refractivity contribution in [3.8, 4) is 0 Å². The summed E-state index contributed by atoms with van der Waals surface area (Å²) in [7, 11) is 2.09. The first kappa shape index (κ1) is 15.5. The highest BCUT2D eigenvalue weighted by Crippen LogP contribution is 2.16. The van der Waals surface area contributed by atoms with Crippen LogP contribution in [0.1, 0.15) is 11.1 Å². The molecule has 120 valence electrons. The summed E-state index contributed by atoms with van der Waals surface area (Å²) in [4.78, 5) is 20.4. The van der Waals surface area contributed by atoms with E-state index in [9.17, 15) is 4.79 Å². The second-order valence-corrected chi connectivity index (χ2v) is 5.98. The molecule has 0 aliphatic carbocycles. The molecule has 1 aromatic heterocycles. The molecular weight excluding hydrogens is 288 g/mol. The monoisotopic (exact) mass is 310 g/mol. The molecule has 0 bridgehead atoms. The van der Waals surface area contributed by atoms with Crippen molar-refractivity contribution in [3.63, 3.8) is 0 Å². The van der Waals surface area contributed by atoms with Crippen LogP contribution in [0.4, 0.5) is 4.79 Å².